The maximum atomic E-state index is 6.20. The predicted molar refractivity (Wildman–Crippen MR) is 96.5 cm³/mol. The maximum absolute atomic E-state index is 6.20. The number of ether oxygens (including phenoxy) is 2. The molecule has 6 heteroatoms. The van der Waals surface area contributed by atoms with E-state index in [1.807, 2.05) is 12.4 Å². The van der Waals surface area contributed by atoms with E-state index in [9.17, 15) is 0 Å². The molecule has 1 aromatic heterocycles. The van der Waals surface area contributed by atoms with Crippen LogP contribution in [-0.4, -0.2) is 65.0 Å². The molecule has 1 unspecified atom stereocenters. The van der Waals surface area contributed by atoms with Gasteiger partial charge in [0, 0.05) is 45.2 Å². The van der Waals surface area contributed by atoms with Gasteiger partial charge in [-0.05, 0) is 38.6 Å². The summed E-state index contributed by atoms with van der Waals surface area (Å²) in [5, 5.41) is 3.80. The van der Waals surface area contributed by atoms with E-state index >= 15 is 0 Å². The third-order valence-corrected chi connectivity index (χ3v) is 6.35. The minimum atomic E-state index is 0.148. The average molecular weight is 348 g/mol. The van der Waals surface area contributed by atoms with Gasteiger partial charge < -0.3 is 19.4 Å². The molecular formula is C19H32N4O2. The molecule has 2 saturated heterocycles. The number of nitrogens with one attached hydrogen (secondary N) is 1. The van der Waals surface area contributed by atoms with Gasteiger partial charge in [0.2, 0.25) is 0 Å². The van der Waals surface area contributed by atoms with E-state index in [1.165, 1.54) is 19.3 Å². The van der Waals surface area contributed by atoms with Gasteiger partial charge >= 0.3 is 0 Å². The van der Waals surface area contributed by atoms with Crippen molar-refractivity contribution >= 4 is 0 Å². The molecule has 0 radical (unpaired) electrons. The molecule has 3 aliphatic rings. The fraction of sp³-hybridized carbons (Fsp3) is 0.842. The Balaban J connectivity index is 1.41. The molecule has 1 N–H and O–H groups in total. The van der Waals surface area contributed by atoms with E-state index in [0.29, 0.717) is 6.04 Å². The first-order chi connectivity index (χ1) is 12.2. The SMILES string of the molecule is CCN1CCO[C@@H](CNC2CCOC3(CCC3)C2)[C@@H]1c1nccn1C. The molecule has 0 amide bonds. The highest BCUT2D eigenvalue weighted by molar-refractivity contribution is 5.05. The van der Waals surface area contributed by atoms with Gasteiger partial charge in [0.25, 0.3) is 0 Å². The number of hydrogen-bond donors (Lipinski definition) is 1. The molecule has 1 spiro atoms. The molecule has 1 saturated carbocycles. The Kier molecular flexibility index (Phi) is 5.13. The second-order valence-electron chi connectivity index (χ2n) is 7.86. The predicted octanol–water partition coefficient (Wildman–Crippen LogP) is 1.87. The zero-order chi connectivity index (χ0) is 17.3. The fourth-order valence-electron chi connectivity index (χ4n) is 4.71. The Hall–Kier alpha value is -0.950. The standard InChI is InChI=1S/C19H32N4O2/c1-3-23-10-12-24-16(17(23)18-20-8-9-22(18)2)14-21-15-5-11-25-19(13-15)6-4-7-19/h8-9,15-17,21H,3-7,10-14H2,1-2H3/t15?,16-,17+/m0/s1. The van der Waals surface area contributed by atoms with Gasteiger partial charge in [0.1, 0.15) is 5.82 Å². The Morgan fingerprint density at radius 1 is 1.36 bits per heavy atom. The number of nitrogens with zero attached hydrogens (tertiary/aromatic N) is 3. The van der Waals surface area contributed by atoms with E-state index in [-0.39, 0.29) is 17.7 Å². The van der Waals surface area contributed by atoms with Crippen molar-refractivity contribution in [2.75, 3.05) is 32.8 Å². The van der Waals surface area contributed by atoms with Crippen LogP contribution < -0.4 is 5.32 Å². The molecule has 0 aromatic carbocycles. The van der Waals surface area contributed by atoms with Crippen LogP contribution in [0.1, 0.15) is 50.9 Å². The van der Waals surface area contributed by atoms with Gasteiger partial charge in [-0.1, -0.05) is 6.92 Å². The van der Waals surface area contributed by atoms with E-state index in [1.54, 1.807) is 0 Å². The van der Waals surface area contributed by atoms with Crippen molar-refractivity contribution in [3.63, 3.8) is 0 Å². The van der Waals surface area contributed by atoms with Gasteiger partial charge in [-0.25, -0.2) is 4.98 Å². The molecule has 25 heavy (non-hydrogen) atoms. The molecule has 140 valence electrons. The first-order valence-electron chi connectivity index (χ1n) is 9.91. The summed E-state index contributed by atoms with van der Waals surface area (Å²) in [5.74, 6) is 1.11. The molecule has 6 nitrogen and oxygen atoms in total. The van der Waals surface area contributed by atoms with Crippen LogP contribution in [-0.2, 0) is 16.5 Å². The lowest BCUT2D eigenvalue weighted by atomic mass is 9.74. The number of morpholine rings is 1. The molecule has 1 aliphatic carbocycles. The van der Waals surface area contributed by atoms with Crippen LogP contribution in [0.15, 0.2) is 12.4 Å². The van der Waals surface area contributed by atoms with Crippen molar-refractivity contribution in [1.82, 2.24) is 19.8 Å². The largest absolute Gasteiger partial charge is 0.375 e. The van der Waals surface area contributed by atoms with Crippen molar-refractivity contribution in [3.8, 4) is 0 Å². The highest BCUT2D eigenvalue weighted by atomic mass is 16.5. The van der Waals surface area contributed by atoms with Gasteiger partial charge in [0.15, 0.2) is 0 Å². The fourth-order valence-corrected chi connectivity index (χ4v) is 4.71. The summed E-state index contributed by atoms with van der Waals surface area (Å²) in [5.41, 5.74) is 0.192. The third kappa shape index (κ3) is 3.50. The molecule has 3 fully saturated rings. The van der Waals surface area contributed by atoms with E-state index in [0.717, 1.165) is 51.5 Å². The Morgan fingerprint density at radius 2 is 2.24 bits per heavy atom. The maximum Gasteiger partial charge on any atom is 0.128 e. The molecule has 3 atom stereocenters. The minimum Gasteiger partial charge on any atom is -0.375 e. The van der Waals surface area contributed by atoms with Crippen molar-refractivity contribution in [1.29, 1.82) is 0 Å². The summed E-state index contributed by atoms with van der Waals surface area (Å²) in [6.07, 6.45) is 10.1. The second-order valence-corrected chi connectivity index (χ2v) is 7.86. The van der Waals surface area contributed by atoms with Gasteiger partial charge in [-0.15, -0.1) is 0 Å². The number of likely N-dealkylation sites (N-methyl/N-ethyl adjacent to an activating group) is 1. The van der Waals surface area contributed by atoms with Crippen LogP contribution in [0.4, 0.5) is 0 Å². The normalized spacial score (nSPS) is 32.6. The Labute approximate surface area is 150 Å². The summed E-state index contributed by atoms with van der Waals surface area (Å²) in [6, 6.07) is 0.778. The monoisotopic (exact) mass is 348 g/mol. The van der Waals surface area contributed by atoms with E-state index < -0.39 is 0 Å². The van der Waals surface area contributed by atoms with Gasteiger partial charge in [-0.3, -0.25) is 4.90 Å². The number of rotatable bonds is 5. The zero-order valence-electron chi connectivity index (χ0n) is 15.6. The van der Waals surface area contributed by atoms with Crippen LogP contribution in [0, 0.1) is 0 Å². The summed E-state index contributed by atoms with van der Waals surface area (Å²) in [4.78, 5) is 7.12. The summed E-state index contributed by atoms with van der Waals surface area (Å²) >= 11 is 0. The van der Waals surface area contributed by atoms with Crippen molar-refractivity contribution in [3.05, 3.63) is 18.2 Å². The molecular weight excluding hydrogens is 316 g/mol. The average Bonchev–Trinajstić information content (AvgIpc) is 3.04. The molecule has 4 rings (SSSR count). The number of imidazole rings is 1. The lowest BCUT2D eigenvalue weighted by Crippen LogP contribution is -2.54. The molecule has 1 aromatic rings. The van der Waals surface area contributed by atoms with Crippen LogP contribution in [0.3, 0.4) is 0 Å². The zero-order valence-corrected chi connectivity index (χ0v) is 15.6. The van der Waals surface area contributed by atoms with Crippen LogP contribution >= 0.6 is 0 Å². The lowest BCUT2D eigenvalue weighted by Gasteiger charge is -2.48. The number of hydrogen-bond acceptors (Lipinski definition) is 5. The first kappa shape index (κ1) is 17.5. The topological polar surface area (TPSA) is 51.6 Å². The van der Waals surface area contributed by atoms with Crippen LogP contribution in [0.5, 0.6) is 0 Å². The van der Waals surface area contributed by atoms with Gasteiger partial charge in [0.05, 0.1) is 24.4 Å². The van der Waals surface area contributed by atoms with Gasteiger partial charge in [-0.2, -0.15) is 0 Å². The van der Waals surface area contributed by atoms with Crippen molar-refractivity contribution in [2.24, 2.45) is 7.05 Å². The minimum absolute atomic E-state index is 0.148. The number of aromatic nitrogens is 2. The third-order valence-electron chi connectivity index (χ3n) is 6.35. The molecule has 2 aliphatic heterocycles. The Bertz CT molecular complexity index is 572. The Morgan fingerprint density at radius 3 is 2.92 bits per heavy atom. The summed E-state index contributed by atoms with van der Waals surface area (Å²) in [7, 11) is 2.08. The number of aryl methyl sites for hydroxylation is 1. The lowest BCUT2D eigenvalue weighted by molar-refractivity contribution is -0.137. The van der Waals surface area contributed by atoms with E-state index in [2.05, 4.69) is 33.7 Å². The van der Waals surface area contributed by atoms with Crippen molar-refractivity contribution < 1.29 is 9.47 Å². The first-order valence-corrected chi connectivity index (χ1v) is 9.91. The quantitative estimate of drug-likeness (QED) is 0.880. The van der Waals surface area contributed by atoms with Crippen molar-refractivity contribution in [2.45, 2.75) is 62.8 Å². The highest BCUT2D eigenvalue weighted by Gasteiger charge is 2.43. The molecule has 3 heterocycles. The molecule has 0 bridgehead atoms. The van der Waals surface area contributed by atoms with Crippen LogP contribution in [0.2, 0.25) is 0 Å². The smallest absolute Gasteiger partial charge is 0.128 e. The second kappa shape index (κ2) is 7.35. The summed E-state index contributed by atoms with van der Waals surface area (Å²) in [6.45, 7) is 6.81. The van der Waals surface area contributed by atoms with E-state index in [4.69, 9.17) is 9.47 Å². The highest BCUT2D eigenvalue weighted by Crippen LogP contribution is 2.42. The van der Waals surface area contributed by atoms with Crippen LogP contribution in [0.25, 0.3) is 0 Å². The summed E-state index contributed by atoms with van der Waals surface area (Å²) < 4.78 is 14.4.